The average molecular weight is 199 g/mol. The Morgan fingerprint density at radius 3 is 2.36 bits per heavy atom. The quantitative estimate of drug-likeness (QED) is 0.711. The number of aliphatic hydroxyl groups is 1. The molecule has 0 radical (unpaired) electrons. The first-order valence-electron chi connectivity index (χ1n) is 5.81. The summed E-state index contributed by atoms with van der Waals surface area (Å²) in [6.45, 7) is 0.532. The number of aliphatic hydroxyl groups excluding tert-OH is 1. The molecular weight excluding hydrogens is 178 g/mol. The Hall–Kier alpha value is -0.120. The summed E-state index contributed by atoms with van der Waals surface area (Å²) >= 11 is 0. The van der Waals surface area contributed by atoms with Crippen LogP contribution in [0.15, 0.2) is 0 Å². The maximum atomic E-state index is 9.62. The van der Waals surface area contributed by atoms with E-state index >= 15 is 0 Å². The van der Waals surface area contributed by atoms with Crippen molar-refractivity contribution in [3.05, 3.63) is 0 Å². The van der Waals surface area contributed by atoms with Gasteiger partial charge in [0.1, 0.15) is 0 Å². The van der Waals surface area contributed by atoms with Gasteiger partial charge in [-0.25, -0.2) is 0 Å². The number of hydrogen-bond donors (Lipinski definition) is 2. The standard InChI is InChI=1S/C11H21NO2/c12-9-3-5-10(6-4-9)14-7-11(13)8-1-2-8/h8-11,13H,1-7,12H2/t9-,10-,11?. The maximum Gasteiger partial charge on any atom is 0.0801 e. The second-order valence-electron chi connectivity index (χ2n) is 4.77. The highest BCUT2D eigenvalue weighted by Gasteiger charge is 2.30. The molecule has 0 aromatic carbocycles. The van der Waals surface area contributed by atoms with Gasteiger partial charge in [0.05, 0.1) is 18.8 Å². The number of nitrogens with two attached hydrogens (primary N) is 1. The Balaban J connectivity index is 1.60. The first-order valence-corrected chi connectivity index (χ1v) is 5.81. The summed E-state index contributed by atoms with van der Waals surface area (Å²) in [5.41, 5.74) is 5.81. The molecule has 0 spiro atoms. The van der Waals surface area contributed by atoms with Gasteiger partial charge in [-0.1, -0.05) is 0 Å². The van der Waals surface area contributed by atoms with Crippen molar-refractivity contribution in [3.8, 4) is 0 Å². The minimum atomic E-state index is -0.217. The van der Waals surface area contributed by atoms with Crippen LogP contribution in [0.4, 0.5) is 0 Å². The van der Waals surface area contributed by atoms with Crippen LogP contribution in [-0.2, 0) is 4.74 Å². The van der Waals surface area contributed by atoms with Crippen LogP contribution in [0.2, 0.25) is 0 Å². The lowest BCUT2D eigenvalue weighted by atomic mass is 9.94. The van der Waals surface area contributed by atoms with E-state index in [2.05, 4.69) is 0 Å². The van der Waals surface area contributed by atoms with E-state index in [1.165, 1.54) is 12.8 Å². The fourth-order valence-electron chi connectivity index (χ4n) is 2.11. The molecule has 0 heterocycles. The summed E-state index contributed by atoms with van der Waals surface area (Å²) in [6, 6.07) is 0.378. The van der Waals surface area contributed by atoms with Gasteiger partial charge in [-0.2, -0.15) is 0 Å². The zero-order valence-electron chi connectivity index (χ0n) is 8.69. The number of ether oxygens (including phenoxy) is 1. The van der Waals surface area contributed by atoms with Gasteiger partial charge in [0.25, 0.3) is 0 Å². The summed E-state index contributed by atoms with van der Waals surface area (Å²) in [7, 11) is 0. The molecule has 0 bridgehead atoms. The molecule has 0 aromatic heterocycles. The first kappa shape index (κ1) is 10.4. The summed E-state index contributed by atoms with van der Waals surface area (Å²) in [6.07, 6.45) is 6.78. The second-order valence-corrected chi connectivity index (χ2v) is 4.77. The van der Waals surface area contributed by atoms with Crippen LogP contribution in [-0.4, -0.2) is 30.0 Å². The summed E-state index contributed by atoms with van der Waals surface area (Å²) < 4.78 is 5.69. The normalized spacial score (nSPS) is 35.6. The smallest absolute Gasteiger partial charge is 0.0801 e. The first-order chi connectivity index (χ1) is 6.75. The Morgan fingerprint density at radius 1 is 1.14 bits per heavy atom. The van der Waals surface area contributed by atoms with Gasteiger partial charge in [0, 0.05) is 6.04 Å². The van der Waals surface area contributed by atoms with Crippen LogP contribution in [0.3, 0.4) is 0 Å². The highest BCUT2D eigenvalue weighted by Crippen LogP contribution is 2.33. The topological polar surface area (TPSA) is 55.5 Å². The highest BCUT2D eigenvalue weighted by molar-refractivity contribution is 4.81. The molecule has 82 valence electrons. The third kappa shape index (κ3) is 2.94. The lowest BCUT2D eigenvalue weighted by Crippen LogP contribution is -2.32. The number of rotatable bonds is 4. The molecule has 2 aliphatic carbocycles. The Morgan fingerprint density at radius 2 is 1.79 bits per heavy atom. The predicted molar refractivity (Wildman–Crippen MR) is 54.9 cm³/mol. The summed E-state index contributed by atoms with van der Waals surface area (Å²) in [4.78, 5) is 0. The molecule has 1 unspecified atom stereocenters. The third-order valence-electron chi connectivity index (χ3n) is 3.39. The molecule has 2 fully saturated rings. The highest BCUT2D eigenvalue weighted by atomic mass is 16.5. The summed E-state index contributed by atoms with van der Waals surface area (Å²) in [5, 5.41) is 9.62. The van der Waals surface area contributed by atoms with Gasteiger partial charge >= 0.3 is 0 Å². The molecule has 2 rings (SSSR count). The van der Waals surface area contributed by atoms with E-state index in [9.17, 15) is 5.11 Å². The lowest BCUT2D eigenvalue weighted by Gasteiger charge is -2.27. The third-order valence-corrected chi connectivity index (χ3v) is 3.39. The average Bonchev–Trinajstić information content (AvgIpc) is 3.00. The van der Waals surface area contributed by atoms with Gasteiger partial charge in [0.15, 0.2) is 0 Å². The van der Waals surface area contributed by atoms with Crippen LogP contribution >= 0.6 is 0 Å². The van der Waals surface area contributed by atoms with Crippen molar-refractivity contribution in [1.29, 1.82) is 0 Å². The molecule has 3 N–H and O–H groups in total. The monoisotopic (exact) mass is 199 g/mol. The van der Waals surface area contributed by atoms with Crippen molar-refractivity contribution in [1.82, 2.24) is 0 Å². The zero-order chi connectivity index (χ0) is 9.97. The van der Waals surface area contributed by atoms with E-state index in [-0.39, 0.29) is 6.10 Å². The molecule has 1 atom stereocenters. The lowest BCUT2D eigenvalue weighted by molar-refractivity contribution is -0.0318. The van der Waals surface area contributed by atoms with Crippen LogP contribution in [0, 0.1) is 5.92 Å². The second kappa shape index (κ2) is 4.60. The molecule has 0 saturated heterocycles. The van der Waals surface area contributed by atoms with E-state index in [1.807, 2.05) is 0 Å². The predicted octanol–water partition coefficient (Wildman–Crippen LogP) is 1.04. The SMILES string of the molecule is N[C@H]1CC[C@H](OCC(O)C2CC2)CC1. The molecule has 0 aromatic rings. The van der Waals surface area contributed by atoms with Gasteiger partial charge in [0.2, 0.25) is 0 Å². The molecule has 3 nitrogen and oxygen atoms in total. The number of hydrogen-bond acceptors (Lipinski definition) is 3. The fourth-order valence-corrected chi connectivity index (χ4v) is 2.11. The Kier molecular flexibility index (Phi) is 3.42. The van der Waals surface area contributed by atoms with E-state index in [0.29, 0.717) is 24.7 Å². The van der Waals surface area contributed by atoms with Crippen molar-refractivity contribution in [2.45, 2.75) is 56.8 Å². The molecular formula is C11H21NO2. The van der Waals surface area contributed by atoms with Crippen LogP contribution in [0.1, 0.15) is 38.5 Å². The maximum absolute atomic E-state index is 9.62. The van der Waals surface area contributed by atoms with Gasteiger partial charge in [-0.05, 0) is 44.4 Å². The molecule has 14 heavy (non-hydrogen) atoms. The largest absolute Gasteiger partial charge is 0.390 e. The zero-order valence-corrected chi connectivity index (χ0v) is 8.69. The van der Waals surface area contributed by atoms with Crippen molar-refractivity contribution >= 4 is 0 Å². The van der Waals surface area contributed by atoms with Crippen molar-refractivity contribution < 1.29 is 9.84 Å². The van der Waals surface area contributed by atoms with Crippen molar-refractivity contribution in [3.63, 3.8) is 0 Å². The van der Waals surface area contributed by atoms with E-state index < -0.39 is 0 Å². The van der Waals surface area contributed by atoms with E-state index in [0.717, 1.165) is 25.7 Å². The Bertz CT molecular complexity index is 174. The minimum absolute atomic E-state index is 0.217. The van der Waals surface area contributed by atoms with E-state index in [1.54, 1.807) is 0 Å². The van der Waals surface area contributed by atoms with Gasteiger partial charge in [-0.3, -0.25) is 0 Å². The van der Waals surface area contributed by atoms with Crippen molar-refractivity contribution in [2.75, 3.05) is 6.61 Å². The minimum Gasteiger partial charge on any atom is -0.390 e. The van der Waals surface area contributed by atoms with Crippen molar-refractivity contribution in [2.24, 2.45) is 11.7 Å². The Labute approximate surface area is 85.6 Å². The van der Waals surface area contributed by atoms with Gasteiger partial charge < -0.3 is 15.6 Å². The molecule has 2 aliphatic rings. The molecule has 0 aliphatic heterocycles. The molecule has 3 heteroatoms. The summed E-state index contributed by atoms with van der Waals surface area (Å²) in [5.74, 6) is 0.529. The van der Waals surface area contributed by atoms with Crippen LogP contribution < -0.4 is 5.73 Å². The van der Waals surface area contributed by atoms with Crippen LogP contribution in [0.5, 0.6) is 0 Å². The molecule has 2 saturated carbocycles. The van der Waals surface area contributed by atoms with Gasteiger partial charge in [-0.15, -0.1) is 0 Å². The van der Waals surface area contributed by atoms with Crippen LogP contribution in [0.25, 0.3) is 0 Å². The van der Waals surface area contributed by atoms with E-state index in [4.69, 9.17) is 10.5 Å². The fraction of sp³-hybridized carbons (Fsp3) is 1.00. The molecule has 0 amide bonds.